The smallest absolute Gasteiger partial charge is 0.243 e. The molecule has 1 saturated heterocycles. The highest BCUT2D eigenvalue weighted by molar-refractivity contribution is 6.00. The largest absolute Gasteiger partial charge is 0.302 e. The first-order chi connectivity index (χ1) is 8.17. The molecule has 2 amide bonds. The number of rotatable bonds is 7. The molecule has 0 aromatic rings. The Morgan fingerprint density at radius 2 is 2.12 bits per heavy atom. The molecular formula is C12H23N3O2. The van der Waals surface area contributed by atoms with E-state index in [1.807, 2.05) is 0 Å². The highest BCUT2D eigenvalue weighted by atomic mass is 16.2. The Kier molecular flexibility index (Phi) is 6.15. The average Bonchev–Trinajstić information content (AvgIpc) is 2.29. The van der Waals surface area contributed by atoms with Crippen LogP contribution in [0.2, 0.25) is 0 Å². The first kappa shape index (κ1) is 14.1. The summed E-state index contributed by atoms with van der Waals surface area (Å²) in [6.45, 7) is 5.17. The third kappa shape index (κ3) is 4.83. The molecule has 2 atom stereocenters. The van der Waals surface area contributed by atoms with Crippen molar-refractivity contribution in [1.29, 1.82) is 0 Å². The molecule has 1 aliphatic rings. The summed E-state index contributed by atoms with van der Waals surface area (Å²) in [5.74, 6) is -0.359. The lowest BCUT2D eigenvalue weighted by Gasteiger charge is -2.28. The lowest BCUT2D eigenvalue weighted by atomic mass is 10.1. The van der Waals surface area contributed by atoms with Crippen molar-refractivity contribution in [2.45, 2.75) is 58.2 Å². The molecule has 1 rings (SSSR count). The molecule has 17 heavy (non-hydrogen) atoms. The molecule has 0 saturated carbocycles. The van der Waals surface area contributed by atoms with Gasteiger partial charge in [0.2, 0.25) is 11.8 Å². The predicted molar refractivity (Wildman–Crippen MR) is 66.3 cm³/mol. The lowest BCUT2D eigenvalue weighted by Crippen LogP contribution is -2.56. The molecule has 98 valence electrons. The number of carbonyl (C=O) groups excluding carboxylic acids is 2. The predicted octanol–water partition coefficient (Wildman–Crippen LogP) is 0.507. The van der Waals surface area contributed by atoms with Crippen molar-refractivity contribution in [2.24, 2.45) is 0 Å². The second-order valence-electron chi connectivity index (χ2n) is 4.47. The second-order valence-corrected chi connectivity index (χ2v) is 4.47. The van der Waals surface area contributed by atoms with Crippen LogP contribution >= 0.6 is 0 Å². The van der Waals surface area contributed by atoms with E-state index < -0.39 is 0 Å². The molecule has 0 spiro atoms. The topological polar surface area (TPSA) is 70.2 Å². The Morgan fingerprint density at radius 3 is 2.71 bits per heavy atom. The van der Waals surface area contributed by atoms with E-state index >= 15 is 0 Å². The van der Waals surface area contributed by atoms with Gasteiger partial charge < -0.3 is 5.32 Å². The second kappa shape index (κ2) is 7.40. The van der Waals surface area contributed by atoms with Crippen molar-refractivity contribution in [3.05, 3.63) is 0 Å². The van der Waals surface area contributed by atoms with Crippen molar-refractivity contribution in [2.75, 3.05) is 6.54 Å². The minimum absolute atomic E-state index is 0.156. The van der Waals surface area contributed by atoms with E-state index in [0.717, 1.165) is 25.8 Å². The van der Waals surface area contributed by atoms with Crippen molar-refractivity contribution in [3.63, 3.8) is 0 Å². The zero-order chi connectivity index (χ0) is 12.7. The summed E-state index contributed by atoms with van der Waals surface area (Å²) in [5, 5.41) is 9.02. The minimum Gasteiger partial charge on any atom is -0.302 e. The molecule has 2 unspecified atom stereocenters. The molecular weight excluding hydrogens is 218 g/mol. The Labute approximate surface area is 103 Å². The van der Waals surface area contributed by atoms with Crippen molar-refractivity contribution >= 4 is 11.8 Å². The Hall–Kier alpha value is -0.940. The number of nitrogens with one attached hydrogen (secondary N) is 3. The van der Waals surface area contributed by atoms with Gasteiger partial charge in [-0.25, -0.2) is 0 Å². The number of hydrogen-bond donors (Lipinski definition) is 3. The standard InChI is InChI=1S/C12H23N3O2/c1-3-5-10(13-8-4-2)14-9-6-7-11(16)15-12(9)17/h9-10,13-14H,3-8H2,1-2H3,(H,15,16,17). The number of imide groups is 1. The zero-order valence-electron chi connectivity index (χ0n) is 10.7. The van der Waals surface area contributed by atoms with Crippen LogP contribution in [0.4, 0.5) is 0 Å². The van der Waals surface area contributed by atoms with Gasteiger partial charge in [0.1, 0.15) is 0 Å². The van der Waals surface area contributed by atoms with Crippen LogP contribution in [0, 0.1) is 0 Å². The maximum absolute atomic E-state index is 11.6. The molecule has 0 radical (unpaired) electrons. The van der Waals surface area contributed by atoms with Crippen LogP contribution in [0.15, 0.2) is 0 Å². The van der Waals surface area contributed by atoms with Gasteiger partial charge in [0.05, 0.1) is 12.2 Å². The molecule has 0 aromatic heterocycles. The van der Waals surface area contributed by atoms with Crippen molar-refractivity contribution in [1.82, 2.24) is 16.0 Å². The van der Waals surface area contributed by atoms with E-state index in [1.54, 1.807) is 0 Å². The van der Waals surface area contributed by atoms with Gasteiger partial charge in [-0.15, -0.1) is 0 Å². The lowest BCUT2D eigenvalue weighted by molar-refractivity contribution is -0.134. The van der Waals surface area contributed by atoms with Crippen LogP contribution < -0.4 is 16.0 Å². The van der Waals surface area contributed by atoms with E-state index in [0.29, 0.717) is 12.8 Å². The summed E-state index contributed by atoms with van der Waals surface area (Å²) in [7, 11) is 0. The van der Waals surface area contributed by atoms with Gasteiger partial charge in [-0.2, -0.15) is 0 Å². The Balaban J connectivity index is 2.42. The number of hydrogen-bond acceptors (Lipinski definition) is 4. The number of amides is 2. The molecule has 0 aromatic carbocycles. The van der Waals surface area contributed by atoms with Crippen molar-refractivity contribution in [3.8, 4) is 0 Å². The summed E-state index contributed by atoms with van der Waals surface area (Å²) in [6.07, 6.45) is 4.29. The Bertz CT molecular complexity index is 268. The third-order valence-electron chi connectivity index (χ3n) is 2.86. The van der Waals surface area contributed by atoms with Crippen LogP contribution in [-0.2, 0) is 9.59 Å². The average molecular weight is 241 g/mol. The van der Waals surface area contributed by atoms with Gasteiger partial charge in [-0.05, 0) is 25.8 Å². The summed E-state index contributed by atoms with van der Waals surface area (Å²) in [6, 6.07) is -0.242. The summed E-state index contributed by atoms with van der Waals surface area (Å²) in [4.78, 5) is 22.6. The maximum atomic E-state index is 11.6. The van der Waals surface area contributed by atoms with E-state index in [4.69, 9.17) is 0 Å². The first-order valence-electron chi connectivity index (χ1n) is 6.50. The molecule has 0 aliphatic carbocycles. The third-order valence-corrected chi connectivity index (χ3v) is 2.86. The van der Waals surface area contributed by atoms with Gasteiger partial charge in [0.25, 0.3) is 0 Å². The summed E-state index contributed by atoms with van der Waals surface area (Å²) < 4.78 is 0. The normalized spacial score (nSPS) is 22.4. The van der Waals surface area contributed by atoms with Gasteiger partial charge >= 0.3 is 0 Å². The van der Waals surface area contributed by atoms with Crippen molar-refractivity contribution < 1.29 is 9.59 Å². The monoisotopic (exact) mass is 241 g/mol. The van der Waals surface area contributed by atoms with Crippen LogP contribution in [0.25, 0.3) is 0 Å². The van der Waals surface area contributed by atoms with Crippen LogP contribution in [-0.4, -0.2) is 30.6 Å². The molecule has 1 heterocycles. The van der Waals surface area contributed by atoms with E-state index in [2.05, 4.69) is 29.8 Å². The molecule has 3 N–H and O–H groups in total. The van der Waals surface area contributed by atoms with Gasteiger partial charge in [-0.3, -0.25) is 20.2 Å². The van der Waals surface area contributed by atoms with Gasteiger partial charge in [-0.1, -0.05) is 20.3 Å². The summed E-state index contributed by atoms with van der Waals surface area (Å²) in [5.41, 5.74) is 0. The Morgan fingerprint density at radius 1 is 1.35 bits per heavy atom. The minimum atomic E-state index is -0.242. The number of piperidine rings is 1. The van der Waals surface area contributed by atoms with E-state index in [1.165, 1.54) is 0 Å². The highest BCUT2D eigenvalue weighted by Crippen LogP contribution is 2.06. The van der Waals surface area contributed by atoms with E-state index in [-0.39, 0.29) is 24.0 Å². The molecule has 5 nitrogen and oxygen atoms in total. The fraction of sp³-hybridized carbons (Fsp3) is 0.833. The van der Waals surface area contributed by atoms with Gasteiger partial charge in [0.15, 0.2) is 0 Å². The zero-order valence-corrected chi connectivity index (χ0v) is 10.7. The van der Waals surface area contributed by atoms with Crippen LogP contribution in [0.1, 0.15) is 46.0 Å². The fourth-order valence-electron chi connectivity index (χ4n) is 1.95. The maximum Gasteiger partial charge on any atom is 0.243 e. The van der Waals surface area contributed by atoms with E-state index in [9.17, 15) is 9.59 Å². The quantitative estimate of drug-likeness (QED) is 0.448. The first-order valence-corrected chi connectivity index (χ1v) is 6.50. The molecule has 1 fully saturated rings. The fourth-order valence-corrected chi connectivity index (χ4v) is 1.95. The molecule has 5 heteroatoms. The van der Waals surface area contributed by atoms with Crippen LogP contribution in [0.3, 0.4) is 0 Å². The summed E-state index contributed by atoms with van der Waals surface area (Å²) >= 11 is 0. The highest BCUT2D eigenvalue weighted by Gasteiger charge is 2.27. The van der Waals surface area contributed by atoms with Crippen LogP contribution in [0.5, 0.6) is 0 Å². The molecule has 1 aliphatic heterocycles. The SMILES string of the molecule is CCCNC(CCC)NC1CCC(=O)NC1=O. The van der Waals surface area contributed by atoms with Gasteiger partial charge in [0, 0.05) is 6.42 Å². The molecule has 0 bridgehead atoms. The number of carbonyl (C=O) groups is 2.